The number of rotatable bonds is 15. The molecule has 12 aromatic rings. The Labute approximate surface area is 572 Å². The van der Waals surface area contributed by atoms with Gasteiger partial charge in [-0.2, -0.15) is 0 Å². The zero-order chi connectivity index (χ0) is 69.7. The number of primary amides is 1. The van der Waals surface area contributed by atoms with E-state index < -0.39 is 35.6 Å². The van der Waals surface area contributed by atoms with Gasteiger partial charge in [0.2, 0.25) is 5.91 Å². The molecular formula is C69H79FN22O6. The van der Waals surface area contributed by atoms with Crippen molar-refractivity contribution in [2.45, 2.75) is 19.9 Å². The third-order valence-corrected chi connectivity index (χ3v) is 13.8. The van der Waals surface area contributed by atoms with Crippen LogP contribution in [0.1, 0.15) is 90.7 Å². The van der Waals surface area contributed by atoms with Crippen molar-refractivity contribution in [1.82, 2.24) is 59.8 Å². The van der Waals surface area contributed by atoms with E-state index in [1.807, 2.05) is 43.3 Å². The maximum absolute atomic E-state index is 12.9. The number of nitrogens with two attached hydrogens (primary N) is 6. The van der Waals surface area contributed by atoms with Crippen LogP contribution < -0.4 is 55.7 Å². The predicted molar refractivity (Wildman–Crippen MR) is 388 cm³/mol. The van der Waals surface area contributed by atoms with Gasteiger partial charge in [0.25, 0.3) is 23.6 Å². The largest absolute Gasteiger partial charge is 0.382 e. The third-order valence-electron chi connectivity index (χ3n) is 13.8. The number of Topliss-reactive ketones (excluding diaryl/α,β-unsaturated/α-hetero) is 1. The Morgan fingerprint density at radius 1 is 0.408 bits per heavy atom. The fraction of sp³-hybridized carbons (Fsp3) is 0.0435. The van der Waals surface area contributed by atoms with Crippen LogP contribution in [0.2, 0.25) is 0 Å². The molecule has 508 valence electrons. The molecule has 0 saturated heterocycles. The molecule has 8 heterocycles. The van der Waals surface area contributed by atoms with Crippen LogP contribution in [0.4, 0.5) is 50.4 Å². The number of aromatic nitrogens is 12. The minimum atomic E-state index is -0.688. The second-order valence-corrected chi connectivity index (χ2v) is 20.7. The van der Waals surface area contributed by atoms with Crippen LogP contribution in [-0.2, 0) is 4.79 Å². The molecule has 8 aromatic heterocycles. The number of nitrogen functional groups attached to an aromatic ring is 4. The van der Waals surface area contributed by atoms with Gasteiger partial charge in [0.15, 0.2) is 51.8 Å². The van der Waals surface area contributed by atoms with Crippen molar-refractivity contribution in [3.8, 4) is 45.0 Å². The molecular weight excluding hydrogens is 1250 g/mol. The van der Waals surface area contributed by atoms with Gasteiger partial charge < -0.3 is 55.7 Å². The van der Waals surface area contributed by atoms with Gasteiger partial charge in [-0.15, -0.1) is 0 Å². The predicted octanol–water partition coefficient (Wildman–Crippen LogP) is 11.1. The normalized spacial score (nSPS) is 10.7. The first-order chi connectivity index (χ1) is 47.3. The lowest BCUT2D eigenvalue weighted by molar-refractivity contribution is -0.118. The van der Waals surface area contributed by atoms with Crippen molar-refractivity contribution in [3.05, 3.63) is 265 Å². The molecule has 16 N–H and O–H groups in total. The molecule has 29 heteroatoms. The number of carbonyl (C=O) groups is 6. The lowest BCUT2D eigenvalue weighted by Crippen LogP contribution is -2.19. The van der Waals surface area contributed by atoms with E-state index in [0.29, 0.717) is 56.7 Å². The maximum Gasteiger partial charge on any atom is 0.278 e. The Bertz CT molecular complexity index is 4850. The van der Waals surface area contributed by atoms with E-state index >= 15 is 0 Å². The number of benzene rings is 4. The number of carbonyl (C=O) groups excluding carboxylic acids is 6. The zero-order valence-electron chi connectivity index (χ0n) is 52.0. The highest BCUT2D eigenvalue weighted by atomic mass is 19.1. The summed E-state index contributed by atoms with van der Waals surface area (Å²) >= 11 is 0. The van der Waals surface area contributed by atoms with Crippen LogP contribution >= 0.6 is 0 Å². The van der Waals surface area contributed by atoms with Gasteiger partial charge in [0.1, 0.15) is 5.82 Å². The molecule has 1 atom stereocenters. The van der Waals surface area contributed by atoms with Crippen molar-refractivity contribution >= 4 is 81.3 Å². The molecule has 0 aliphatic rings. The summed E-state index contributed by atoms with van der Waals surface area (Å²) in [7, 11) is 0. The van der Waals surface area contributed by atoms with Crippen LogP contribution in [0.5, 0.6) is 0 Å². The molecule has 0 saturated carbocycles. The molecule has 1 unspecified atom stereocenters. The zero-order valence-corrected chi connectivity index (χ0v) is 52.0. The smallest absolute Gasteiger partial charge is 0.278 e. The highest BCUT2D eigenvalue weighted by Gasteiger charge is 2.20. The fourth-order valence-electron chi connectivity index (χ4n) is 8.60. The Balaban J connectivity index is 0. The van der Waals surface area contributed by atoms with Crippen molar-refractivity contribution in [2.75, 3.05) is 44.2 Å². The number of hydrogen-bond donors (Lipinski definition) is 10. The molecule has 0 aliphatic heterocycles. The SMILES string of the molecule is CC(=O)C(N)c1ccc(NC(=O)c2nc(-c3cccnc3)cnc2N)cc1.Cc1ccccc1NC(=O)c1nc(-c2cccnc2)cnc1N.NC(=O)c1ccc(NC(=O)c2nc(-c3cccnc3)cnc2N)cc1.Nc1ncc(-c2cccnc2)nc1C(=O)Nc1ccc(F)cc1.[HH].[HH].[HH].[HH].[HH].[HH].[HH].[HH].[HH].[HH]. The average molecular weight is 1330 g/mol. The maximum atomic E-state index is 12.9. The minimum absolute atomic E-state index is 0. The first-order valence-electron chi connectivity index (χ1n) is 29.2. The standard InChI is InChI=1S/C19H18N6O2.C17H14N6O2.C17H15N5O.C16H12FN5O.10H2/c1-11(26)16(20)12-4-6-14(7-5-12)24-19(27)17-18(21)23-10-15(25-17)13-3-2-8-22-9-13;18-15-14(23-13(9-21-15)11-2-1-7-20-8-11)17(25)22-12-5-3-10(4-6-12)16(19)24;1-11-5-2-3-7-13(11)22-17(23)15-16(18)20-10-14(21-15)12-6-4-8-19-9-12;17-11-3-5-12(6-4-11)21-16(23)14-15(18)20-9-13(22-14)10-2-1-7-19-8-10;;;;;;;;;;/h2-10,16H,20H2,1H3,(H2,21,23)(H,24,27);1-9H,(H2,18,21)(H2,19,24)(H,22,25);2-10H,1H3,(H2,18,20)(H,22,23);1-9H,(H2,18,20)(H,21,23);10*1H. The topological polar surface area (TPSA) is 461 Å². The van der Waals surface area contributed by atoms with Gasteiger partial charge in [0.05, 0.1) is 53.6 Å². The van der Waals surface area contributed by atoms with E-state index in [9.17, 15) is 33.2 Å². The van der Waals surface area contributed by atoms with Crippen LogP contribution in [0.3, 0.4) is 0 Å². The summed E-state index contributed by atoms with van der Waals surface area (Å²) in [5, 5.41) is 10.8. The fourth-order valence-corrected chi connectivity index (χ4v) is 8.60. The second kappa shape index (κ2) is 32.5. The van der Waals surface area contributed by atoms with Crippen molar-refractivity contribution < 1.29 is 47.4 Å². The van der Waals surface area contributed by atoms with Crippen molar-refractivity contribution in [2.24, 2.45) is 11.5 Å². The van der Waals surface area contributed by atoms with Crippen molar-refractivity contribution in [1.29, 1.82) is 0 Å². The first-order valence-corrected chi connectivity index (χ1v) is 29.2. The Morgan fingerprint density at radius 3 is 1.03 bits per heavy atom. The van der Waals surface area contributed by atoms with Gasteiger partial charge >= 0.3 is 0 Å². The minimum Gasteiger partial charge on any atom is -0.382 e. The van der Waals surface area contributed by atoms with Gasteiger partial charge in [-0.05, 0) is 140 Å². The number of pyridine rings is 4. The number of halogens is 1. The van der Waals surface area contributed by atoms with Crippen LogP contribution in [0.25, 0.3) is 45.0 Å². The number of aryl methyl sites for hydroxylation is 1. The summed E-state index contributed by atoms with van der Waals surface area (Å²) in [5.74, 6) is -2.85. The lowest BCUT2D eigenvalue weighted by Gasteiger charge is -2.11. The molecule has 0 spiro atoms. The molecule has 0 fully saturated rings. The summed E-state index contributed by atoms with van der Waals surface area (Å²) in [6.07, 6.45) is 19.1. The quantitative estimate of drug-likeness (QED) is 0.0456. The summed E-state index contributed by atoms with van der Waals surface area (Å²) in [6.45, 7) is 3.34. The lowest BCUT2D eigenvalue weighted by atomic mass is 10.0. The molecule has 5 amide bonds. The van der Waals surface area contributed by atoms with Crippen LogP contribution in [-0.4, -0.2) is 95.1 Å². The summed E-state index contributed by atoms with van der Waals surface area (Å²) in [4.78, 5) is 122. The highest BCUT2D eigenvalue weighted by Crippen LogP contribution is 2.25. The van der Waals surface area contributed by atoms with Gasteiger partial charge in [0, 0.05) is 114 Å². The molecule has 0 radical (unpaired) electrons. The number of para-hydroxylation sites is 1. The van der Waals surface area contributed by atoms with Gasteiger partial charge in [-0.25, -0.2) is 44.3 Å². The van der Waals surface area contributed by atoms with Crippen LogP contribution in [0.15, 0.2) is 220 Å². The molecule has 4 aromatic carbocycles. The third kappa shape index (κ3) is 18.4. The number of anilines is 8. The number of nitrogens with one attached hydrogen (secondary N) is 4. The molecule has 0 aliphatic carbocycles. The van der Waals surface area contributed by atoms with Gasteiger partial charge in [-0.1, -0.05) is 30.3 Å². The van der Waals surface area contributed by atoms with E-state index in [4.69, 9.17) is 34.4 Å². The van der Waals surface area contributed by atoms with E-state index in [-0.39, 0.29) is 71.9 Å². The van der Waals surface area contributed by atoms with E-state index in [2.05, 4.69) is 81.1 Å². The number of hydrogen-bond acceptors (Lipinski definition) is 23. The monoisotopic (exact) mass is 1330 g/mol. The first kappa shape index (κ1) is 68.3. The molecule has 0 bridgehead atoms. The summed E-state index contributed by atoms with van der Waals surface area (Å²) in [6, 6.07) is 39.3. The summed E-state index contributed by atoms with van der Waals surface area (Å²) < 4.78 is 12.9. The molecule has 12 rings (SSSR count). The van der Waals surface area contributed by atoms with E-state index in [1.165, 1.54) is 68.1 Å². The van der Waals surface area contributed by atoms with E-state index in [0.717, 1.165) is 27.8 Å². The highest BCUT2D eigenvalue weighted by molar-refractivity contribution is 6.08. The van der Waals surface area contributed by atoms with Gasteiger partial charge in [-0.3, -0.25) is 48.7 Å². The van der Waals surface area contributed by atoms with Crippen molar-refractivity contribution in [3.63, 3.8) is 0 Å². The van der Waals surface area contributed by atoms with E-state index in [1.54, 1.807) is 122 Å². The number of amides is 5. The Morgan fingerprint density at radius 2 is 0.724 bits per heavy atom. The second-order valence-electron chi connectivity index (χ2n) is 20.7. The molecule has 28 nitrogen and oxygen atoms in total. The average Bonchev–Trinajstić information content (AvgIpc) is 0.838. The number of nitrogens with zero attached hydrogens (tertiary/aromatic N) is 12. The number of ketones is 1. The van der Waals surface area contributed by atoms with Crippen LogP contribution in [0, 0.1) is 12.7 Å². The summed E-state index contributed by atoms with van der Waals surface area (Å²) in [5.41, 5.74) is 43.3. The Hall–Kier alpha value is -14.1. The molecule has 98 heavy (non-hydrogen) atoms. The Kier molecular flexibility index (Phi) is 22.6.